The Hall–Kier alpha value is -2.67. The fourth-order valence-electron chi connectivity index (χ4n) is 3.13. The average Bonchev–Trinajstić information content (AvgIpc) is 2.95. The van der Waals surface area contributed by atoms with Gasteiger partial charge in [0.25, 0.3) is 10.0 Å². The number of nitrogens with zero attached hydrogens (tertiary/aromatic N) is 1. The number of hydrogen-bond acceptors (Lipinski definition) is 4. The van der Waals surface area contributed by atoms with Crippen molar-refractivity contribution in [3.63, 3.8) is 0 Å². The van der Waals surface area contributed by atoms with Gasteiger partial charge in [-0.05, 0) is 36.1 Å². The van der Waals surface area contributed by atoms with Gasteiger partial charge in [-0.15, -0.1) is 0 Å². The lowest BCUT2D eigenvalue weighted by Gasteiger charge is -2.20. The molecule has 0 saturated carbocycles. The van der Waals surface area contributed by atoms with Gasteiger partial charge in [0.2, 0.25) is 5.91 Å². The Morgan fingerprint density at radius 3 is 2.54 bits per heavy atom. The lowest BCUT2D eigenvalue weighted by atomic mass is 9.98. The molecule has 0 aromatic heterocycles. The molecule has 0 saturated heterocycles. The monoisotopic (exact) mass is 399 g/mol. The first-order chi connectivity index (χ1) is 13.3. The number of hydrogen-bond donors (Lipinski definition) is 2. The molecule has 6 nitrogen and oxygen atoms in total. The minimum absolute atomic E-state index is 0.0402. The van der Waals surface area contributed by atoms with Crippen LogP contribution in [0.1, 0.15) is 37.0 Å². The highest BCUT2D eigenvalue weighted by atomic mass is 32.2. The molecule has 0 bridgehead atoms. The van der Waals surface area contributed by atoms with Gasteiger partial charge in [-0.25, -0.2) is 8.42 Å². The van der Waals surface area contributed by atoms with Crippen molar-refractivity contribution in [3.05, 3.63) is 65.2 Å². The van der Waals surface area contributed by atoms with Crippen LogP contribution in [0.3, 0.4) is 0 Å². The van der Waals surface area contributed by atoms with E-state index in [2.05, 4.69) is 15.0 Å². The number of sulfonamides is 1. The third-order valence-corrected chi connectivity index (χ3v) is 6.49. The number of carbonyl (C=O) groups is 1. The molecule has 2 aromatic rings. The second-order valence-electron chi connectivity index (χ2n) is 7.05. The van der Waals surface area contributed by atoms with Crippen molar-refractivity contribution in [2.45, 2.75) is 44.7 Å². The summed E-state index contributed by atoms with van der Waals surface area (Å²) in [5.41, 5.74) is 2.65. The van der Waals surface area contributed by atoms with Gasteiger partial charge in [0.05, 0.1) is 4.90 Å². The maximum atomic E-state index is 12.9. The summed E-state index contributed by atoms with van der Waals surface area (Å²) in [5.74, 6) is -0.0257. The van der Waals surface area contributed by atoms with Crippen LogP contribution in [0.4, 0.5) is 0 Å². The number of amidine groups is 1. The lowest BCUT2D eigenvalue weighted by molar-refractivity contribution is -0.123. The van der Waals surface area contributed by atoms with E-state index >= 15 is 0 Å². The summed E-state index contributed by atoms with van der Waals surface area (Å²) in [7, 11) is -3.63. The molecule has 28 heavy (non-hydrogen) atoms. The van der Waals surface area contributed by atoms with Crippen LogP contribution in [0.5, 0.6) is 0 Å². The number of fused-ring (bicyclic) bond motifs is 1. The van der Waals surface area contributed by atoms with E-state index in [1.54, 1.807) is 18.2 Å². The molecular formula is C21H25N3O3S. The highest BCUT2D eigenvalue weighted by molar-refractivity contribution is 7.90. The Morgan fingerprint density at radius 2 is 1.82 bits per heavy atom. The van der Waals surface area contributed by atoms with Crippen molar-refractivity contribution in [3.8, 4) is 0 Å². The molecule has 0 fully saturated rings. The van der Waals surface area contributed by atoms with Crippen LogP contribution >= 0.6 is 0 Å². The van der Waals surface area contributed by atoms with Gasteiger partial charge in [0.15, 0.2) is 0 Å². The predicted octanol–water partition coefficient (Wildman–Crippen LogP) is 2.76. The van der Waals surface area contributed by atoms with Gasteiger partial charge in [0, 0.05) is 12.1 Å². The van der Waals surface area contributed by atoms with Crippen LogP contribution < -0.4 is 10.0 Å². The highest BCUT2D eigenvalue weighted by Crippen LogP contribution is 2.24. The van der Waals surface area contributed by atoms with Crippen molar-refractivity contribution in [1.29, 1.82) is 0 Å². The normalized spacial score (nSPS) is 18.2. The SMILES string of the molecule is CC[C@H](C)[C@H](N=C1NS(=O)(=O)c2ccccc21)C(=O)NCc1ccccc1C. The summed E-state index contributed by atoms with van der Waals surface area (Å²) < 4.78 is 27.1. The maximum Gasteiger partial charge on any atom is 0.263 e. The number of aryl methyl sites for hydroxylation is 1. The van der Waals surface area contributed by atoms with E-state index in [4.69, 9.17) is 0 Å². The summed E-state index contributed by atoms with van der Waals surface area (Å²) in [6.07, 6.45) is 0.744. The van der Waals surface area contributed by atoms with E-state index in [1.165, 1.54) is 6.07 Å². The molecule has 2 aromatic carbocycles. The summed E-state index contributed by atoms with van der Waals surface area (Å²) in [5, 5.41) is 2.95. The van der Waals surface area contributed by atoms with Crippen LogP contribution in [-0.4, -0.2) is 26.2 Å². The minimum Gasteiger partial charge on any atom is -0.350 e. The zero-order valence-electron chi connectivity index (χ0n) is 16.3. The molecule has 1 aliphatic rings. The van der Waals surface area contributed by atoms with Crippen molar-refractivity contribution in [1.82, 2.24) is 10.0 Å². The molecule has 2 N–H and O–H groups in total. The fraction of sp³-hybridized carbons (Fsp3) is 0.333. The molecule has 0 spiro atoms. The number of amides is 1. The van der Waals surface area contributed by atoms with Crippen LogP contribution in [0.15, 0.2) is 58.4 Å². The summed E-state index contributed by atoms with van der Waals surface area (Å²) in [6, 6.07) is 13.8. The zero-order chi connectivity index (χ0) is 20.3. The summed E-state index contributed by atoms with van der Waals surface area (Å²) in [4.78, 5) is 17.6. The van der Waals surface area contributed by atoms with E-state index in [9.17, 15) is 13.2 Å². The van der Waals surface area contributed by atoms with Crippen molar-refractivity contribution >= 4 is 21.8 Å². The third-order valence-electron chi connectivity index (χ3n) is 5.10. The first-order valence-electron chi connectivity index (χ1n) is 9.35. The van der Waals surface area contributed by atoms with Crippen LogP contribution in [-0.2, 0) is 21.4 Å². The summed E-state index contributed by atoms with van der Waals surface area (Å²) in [6.45, 7) is 6.33. The Bertz CT molecular complexity index is 1020. The first kappa shape index (κ1) is 20.1. The van der Waals surface area contributed by atoms with Crippen LogP contribution in [0.25, 0.3) is 0 Å². The topological polar surface area (TPSA) is 87.6 Å². The Kier molecular flexibility index (Phi) is 5.84. The molecule has 2 atom stereocenters. The molecular weight excluding hydrogens is 374 g/mol. The smallest absolute Gasteiger partial charge is 0.263 e. The maximum absolute atomic E-state index is 12.9. The quantitative estimate of drug-likeness (QED) is 0.783. The van der Waals surface area contributed by atoms with Gasteiger partial charge >= 0.3 is 0 Å². The zero-order valence-corrected chi connectivity index (χ0v) is 17.1. The molecule has 148 valence electrons. The number of rotatable bonds is 6. The van der Waals surface area contributed by atoms with E-state index in [0.717, 1.165) is 17.5 Å². The van der Waals surface area contributed by atoms with Crippen molar-refractivity contribution in [2.75, 3.05) is 0 Å². The third kappa shape index (κ3) is 4.09. The van der Waals surface area contributed by atoms with Crippen molar-refractivity contribution < 1.29 is 13.2 Å². The molecule has 7 heteroatoms. The average molecular weight is 400 g/mol. The van der Waals surface area contributed by atoms with Gasteiger partial charge in [-0.1, -0.05) is 56.7 Å². The van der Waals surface area contributed by atoms with Crippen LogP contribution in [0, 0.1) is 12.8 Å². The van der Waals surface area contributed by atoms with Gasteiger partial charge < -0.3 is 5.32 Å². The van der Waals surface area contributed by atoms with Crippen LogP contribution in [0.2, 0.25) is 0 Å². The second kappa shape index (κ2) is 8.14. The largest absolute Gasteiger partial charge is 0.350 e. The van der Waals surface area contributed by atoms with Gasteiger partial charge in [-0.2, -0.15) is 0 Å². The Morgan fingerprint density at radius 1 is 1.14 bits per heavy atom. The van der Waals surface area contributed by atoms with Gasteiger partial charge in [0.1, 0.15) is 11.9 Å². The summed E-state index contributed by atoms with van der Waals surface area (Å²) >= 11 is 0. The molecule has 1 heterocycles. The number of carbonyl (C=O) groups excluding carboxylic acids is 1. The minimum atomic E-state index is -3.63. The molecule has 0 unspecified atom stereocenters. The number of aliphatic imine (C=N–C) groups is 1. The first-order valence-corrected chi connectivity index (χ1v) is 10.8. The fourth-order valence-corrected chi connectivity index (χ4v) is 4.37. The number of nitrogens with one attached hydrogen (secondary N) is 2. The highest BCUT2D eigenvalue weighted by Gasteiger charge is 2.33. The predicted molar refractivity (Wildman–Crippen MR) is 110 cm³/mol. The molecule has 3 rings (SSSR count). The lowest BCUT2D eigenvalue weighted by Crippen LogP contribution is -2.39. The van der Waals surface area contributed by atoms with Crippen molar-refractivity contribution in [2.24, 2.45) is 10.9 Å². The molecule has 1 aliphatic heterocycles. The second-order valence-corrected chi connectivity index (χ2v) is 8.70. The van der Waals surface area contributed by atoms with E-state index in [0.29, 0.717) is 12.1 Å². The molecule has 0 aliphatic carbocycles. The standard InChI is InChI=1S/C21H25N3O3S/c1-4-14(2)19(21(25)22-13-16-10-6-5-9-15(16)3)23-20-17-11-7-8-12-18(17)28(26,27)24-20/h5-12,14,19H,4,13H2,1-3H3,(H,22,25)(H,23,24)/t14-,19-/m0/s1. The molecule has 1 amide bonds. The van der Waals surface area contributed by atoms with Gasteiger partial charge in [-0.3, -0.25) is 14.5 Å². The Labute approximate surface area is 166 Å². The molecule has 0 radical (unpaired) electrons. The Balaban J connectivity index is 1.86. The number of benzene rings is 2. The van der Waals surface area contributed by atoms with E-state index in [1.807, 2.05) is 45.0 Å². The van der Waals surface area contributed by atoms with E-state index < -0.39 is 16.1 Å². The van der Waals surface area contributed by atoms with E-state index in [-0.39, 0.29) is 22.6 Å².